The van der Waals surface area contributed by atoms with Crippen LogP contribution in [0.5, 0.6) is 11.5 Å². The molecule has 40 heavy (non-hydrogen) atoms. The first-order valence-electron chi connectivity index (χ1n) is 14.1. The molecule has 3 aromatic rings. The average Bonchev–Trinajstić information content (AvgIpc) is 2.98. The zero-order chi connectivity index (χ0) is 27.8. The van der Waals surface area contributed by atoms with E-state index >= 15 is 0 Å². The Morgan fingerprint density at radius 2 is 1.55 bits per heavy atom. The number of hydrogen-bond donors (Lipinski definition) is 0. The highest BCUT2D eigenvalue weighted by Gasteiger charge is 2.48. The number of anilines is 1. The SMILES string of the molecule is CCOc1cc2c(cc1OCC)[C@H]1[C@@H](C(=O)N3CCN(c4ccc(F)cc4)CC3)c3ccccc3C(=O)N1CC2. The highest BCUT2D eigenvalue weighted by molar-refractivity contribution is 6.01. The first-order valence-corrected chi connectivity index (χ1v) is 14.1. The normalized spacial score (nSPS) is 20.0. The summed E-state index contributed by atoms with van der Waals surface area (Å²) in [7, 11) is 0. The van der Waals surface area contributed by atoms with Crippen molar-refractivity contribution in [2.24, 2.45) is 0 Å². The molecule has 8 heteroatoms. The molecular formula is C32H34FN3O4. The number of rotatable bonds is 6. The summed E-state index contributed by atoms with van der Waals surface area (Å²) in [5.74, 6) is 0.518. The van der Waals surface area contributed by atoms with E-state index in [1.54, 1.807) is 12.1 Å². The predicted molar refractivity (Wildman–Crippen MR) is 151 cm³/mol. The second-order valence-corrected chi connectivity index (χ2v) is 10.4. The Bertz CT molecular complexity index is 1420. The zero-order valence-corrected chi connectivity index (χ0v) is 22.9. The van der Waals surface area contributed by atoms with Crippen LogP contribution in [0.3, 0.4) is 0 Å². The van der Waals surface area contributed by atoms with Crippen LogP contribution in [0.15, 0.2) is 60.7 Å². The minimum Gasteiger partial charge on any atom is -0.490 e. The summed E-state index contributed by atoms with van der Waals surface area (Å²) in [6.45, 7) is 7.82. The number of fused-ring (bicyclic) bond motifs is 4. The summed E-state index contributed by atoms with van der Waals surface area (Å²) in [6, 6.07) is 17.6. The van der Waals surface area contributed by atoms with Crippen molar-refractivity contribution in [1.82, 2.24) is 9.80 Å². The van der Waals surface area contributed by atoms with Crippen LogP contribution in [-0.4, -0.2) is 67.6 Å². The van der Waals surface area contributed by atoms with Gasteiger partial charge in [-0.25, -0.2) is 4.39 Å². The summed E-state index contributed by atoms with van der Waals surface area (Å²) >= 11 is 0. The van der Waals surface area contributed by atoms with E-state index < -0.39 is 12.0 Å². The Kier molecular flexibility index (Phi) is 7.09. The molecule has 1 saturated heterocycles. The quantitative estimate of drug-likeness (QED) is 0.447. The number of carbonyl (C=O) groups excluding carboxylic acids is 2. The van der Waals surface area contributed by atoms with Crippen molar-refractivity contribution in [3.63, 3.8) is 0 Å². The molecule has 0 N–H and O–H groups in total. The maximum absolute atomic E-state index is 14.4. The van der Waals surface area contributed by atoms with Crippen molar-refractivity contribution in [1.29, 1.82) is 0 Å². The number of hydrogen-bond acceptors (Lipinski definition) is 5. The van der Waals surface area contributed by atoms with E-state index in [9.17, 15) is 14.0 Å². The van der Waals surface area contributed by atoms with Crippen molar-refractivity contribution in [2.75, 3.05) is 50.8 Å². The monoisotopic (exact) mass is 543 g/mol. The third-order valence-electron chi connectivity index (χ3n) is 8.23. The molecule has 0 saturated carbocycles. The summed E-state index contributed by atoms with van der Waals surface area (Å²) in [4.78, 5) is 34.1. The van der Waals surface area contributed by atoms with Crippen LogP contribution in [0.2, 0.25) is 0 Å². The maximum atomic E-state index is 14.4. The van der Waals surface area contributed by atoms with Gasteiger partial charge >= 0.3 is 0 Å². The molecule has 3 aliphatic rings. The van der Waals surface area contributed by atoms with Gasteiger partial charge in [-0.2, -0.15) is 0 Å². The molecule has 208 valence electrons. The molecule has 0 aromatic heterocycles. The van der Waals surface area contributed by atoms with Crippen LogP contribution in [0.25, 0.3) is 0 Å². The van der Waals surface area contributed by atoms with Gasteiger partial charge in [-0.1, -0.05) is 18.2 Å². The van der Waals surface area contributed by atoms with Gasteiger partial charge in [0.2, 0.25) is 5.91 Å². The van der Waals surface area contributed by atoms with E-state index in [1.165, 1.54) is 12.1 Å². The molecular weight excluding hydrogens is 509 g/mol. The molecule has 2 atom stereocenters. The zero-order valence-electron chi connectivity index (χ0n) is 22.9. The molecule has 7 nitrogen and oxygen atoms in total. The molecule has 0 radical (unpaired) electrons. The van der Waals surface area contributed by atoms with E-state index in [1.807, 2.05) is 60.0 Å². The van der Waals surface area contributed by atoms with Crippen LogP contribution >= 0.6 is 0 Å². The number of carbonyl (C=O) groups is 2. The van der Waals surface area contributed by atoms with Gasteiger partial charge in [0.1, 0.15) is 5.82 Å². The lowest BCUT2D eigenvalue weighted by Crippen LogP contribution is -2.54. The Labute approximate surface area is 234 Å². The van der Waals surface area contributed by atoms with Crippen LogP contribution in [0, 0.1) is 5.82 Å². The maximum Gasteiger partial charge on any atom is 0.254 e. The molecule has 2 amide bonds. The summed E-state index contributed by atoms with van der Waals surface area (Å²) in [6.07, 6.45) is 0.684. The fraction of sp³-hybridized carbons (Fsp3) is 0.375. The van der Waals surface area contributed by atoms with Crippen molar-refractivity contribution < 1.29 is 23.5 Å². The fourth-order valence-corrected chi connectivity index (χ4v) is 6.37. The molecule has 0 unspecified atom stereocenters. The molecule has 0 spiro atoms. The Balaban J connectivity index is 1.36. The Morgan fingerprint density at radius 1 is 0.875 bits per heavy atom. The highest BCUT2D eigenvalue weighted by Crippen LogP contribution is 2.49. The molecule has 3 aliphatic heterocycles. The van der Waals surface area contributed by atoms with E-state index in [2.05, 4.69) is 4.90 Å². The van der Waals surface area contributed by atoms with Gasteiger partial charge < -0.3 is 24.2 Å². The number of benzene rings is 3. The molecule has 3 aromatic carbocycles. The second kappa shape index (κ2) is 10.8. The lowest BCUT2D eigenvalue weighted by Gasteiger charge is -2.47. The minimum absolute atomic E-state index is 0.0217. The molecule has 1 fully saturated rings. The molecule has 0 bridgehead atoms. The highest BCUT2D eigenvalue weighted by atomic mass is 19.1. The minimum atomic E-state index is -0.530. The van der Waals surface area contributed by atoms with E-state index in [-0.39, 0.29) is 17.6 Å². The summed E-state index contributed by atoms with van der Waals surface area (Å²) in [5.41, 5.74) is 4.35. The number of piperazine rings is 1. The van der Waals surface area contributed by atoms with Gasteiger partial charge in [-0.05, 0) is 79.4 Å². The molecule has 6 rings (SSSR count). The first-order chi connectivity index (χ1) is 19.5. The van der Waals surface area contributed by atoms with Gasteiger partial charge in [0.05, 0.1) is 25.2 Å². The van der Waals surface area contributed by atoms with E-state index in [0.29, 0.717) is 69.4 Å². The van der Waals surface area contributed by atoms with Gasteiger partial charge in [-0.15, -0.1) is 0 Å². The van der Waals surface area contributed by atoms with Gasteiger partial charge in [-0.3, -0.25) is 9.59 Å². The number of halogens is 1. The average molecular weight is 544 g/mol. The third kappa shape index (κ3) is 4.55. The van der Waals surface area contributed by atoms with Crippen molar-refractivity contribution in [3.8, 4) is 11.5 Å². The van der Waals surface area contributed by atoms with E-state index in [4.69, 9.17) is 9.47 Å². The lowest BCUT2D eigenvalue weighted by atomic mass is 9.75. The Hall–Kier alpha value is -4.07. The van der Waals surface area contributed by atoms with Crippen molar-refractivity contribution in [2.45, 2.75) is 32.2 Å². The smallest absolute Gasteiger partial charge is 0.254 e. The van der Waals surface area contributed by atoms with Crippen LogP contribution in [-0.2, 0) is 11.2 Å². The number of amides is 2. The van der Waals surface area contributed by atoms with Crippen LogP contribution < -0.4 is 14.4 Å². The van der Waals surface area contributed by atoms with E-state index in [0.717, 1.165) is 22.4 Å². The Morgan fingerprint density at radius 3 is 2.25 bits per heavy atom. The van der Waals surface area contributed by atoms with Crippen molar-refractivity contribution >= 4 is 17.5 Å². The topological polar surface area (TPSA) is 62.3 Å². The van der Waals surface area contributed by atoms with Crippen molar-refractivity contribution in [3.05, 3.63) is 88.7 Å². The fourth-order valence-electron chi connectivity index (χ4n) is 6.37. The largest absolute Gasteiger partial charge is 0.490 e. The molecule has 3 heterocycles. The van der Waals surface area contributed by atoms with Crippen LogP contribution in [0.4, 0.5) is 10.1 Å². The lowest BCUT2D eigenvalue weighted by molar-refractivity contribution is -0.135. The first kappa shape index (κ1) is 26.2. The second-order valence-electron chi connectivity index (χ2n) is 10.4. The summed E-state index contributed by atoms with van der Waals surface area (Å²) in [5, 5.41) is 0. The van der Waals surface area contributed by atoms with Crippen LogP contribution in [0.1, 0.15) is 52.9 Å². The van der Waals surface area contributed by atoms with Gasteiger partial charge in [0.15, 0.2) is 11.5 Å². The number of ether oxygens (including phenoxy) is 2. The van der Waals surface area contributed by atoms with Gasteiger partial charge in [0.25, 0.3) is 5.91 Å². The predicted octanol–water partition coefficient (Wildman–Crippen LogP) is 4.81. The standard InChI is InChI=1S/C32H34FN3O4/c1-3-39-27-19-21-13-14-36-30(26(21)20-28(27)40-4-2)29(24-7-5-6-8-25(24)31(36)37)32(38)35-17-15-34(16-18-35)23-11-9-22(33)10-12-23/h5-12,19-20,29-30H,3-4,13-18H2,1-2H3/t29-,30-/m0/s1. The summed E-state index contributed by atoms with van der Waals surface area (Å²) < 4.78 is 25.3. The van der Waals surface area contributed by atoms with Gasteiger partial charge in [0, 0.05) is 44.0 Å². The third-order valence-corrected chi connectivity index (χ3v) is 8.23. The number of nitrogens with zero attached hydrogens (tertiary/aromatic N) is 3. The molecule has 0 aliphatic carbocycles.